The number of nitrogens with zero attached hydrogens (tertiary/aromatic N) is 1. The van der Waals surface area contributed by atoms with Crippen molar-refractivity contribution < 1.29 is 19.4 Å². The minimum atomic E-state index is -1.04. The van der Waals surface area contributed by atoms with Crippen LogP contribution in [0, 0.1) is 0 Å². The van der Waals surface area contributed by atoms with Gasteiger partial charge in [-0.05, 0) is 17.7 Å². The van der Waals surface area contributed by atoms with Crippen LogP contribution in [0.1, 0.15) is 11.6 Å². The van der Waals surface area contributed by atoms with Crippen LogP contribution in [-0.2, 0) is 9.53 Å². The lowest BCUT2D eigenvalue weighted by Crippen LogP contribution is -2.38. The fourth-order valence-electron chi connectivity index (χ4n) is 2.03. The first-order valence-electron chi connectivity index (χ1n) is 6.68. The van der Waals surface area contributed by atoms with Crippen molar-refractivity contribution in [3.05, 3.63) is 29.8 Å². The molecule has 0 unspecified atom stereocenters. The number of nitrogens with two attached hydrogens (primary N) is 1. The topological polar surface area (TPSA) is 85.0 Å². The maximum absolute atomic E-state index is 10.8. The van der Waals surface area contributed by atoms with E-state index in [9.17, 15) is 4.79 Å². The van der Waals surface area contributed by atoms with Gasteiger partial charge in [0.05, 0.1) is 13.2 Å². The first kappa shape index (κ1) is 14.8. The number of aliphatic carboxylic acids is 1. The molecule has 0 bridgehead atoms. The molecule has 1 fully saturated rings. The molecule has 1 saturated heterocycles. The summed E-state index contributed by atoms with van der Waals surface area (Å²) in [6.07, 6.45) is 0. The molecule has 1 heterocycles. The monoisotopic (exact) mass is 280 g/mol. The van der Waals surface area contributed by atoms with E-state index in [-0.39, 0.29) is 0 Å². The first-order chi connectivity index (χ1) is 9.66. The number of hydrogen-bond donors (Lipinski definition) is 2. The smallest absolute Gasteiger partial charge is 0.325 e. The number of morpholine rings is 1. The summed E-state index contributed by atoms with van der Waals surface area (Å²) in [5.74, 6) is -0.314. The lowest BCUT2D eigenvalue weighted by atomic mass is 10.1. The summed E-state index contributed by atoms with van der Waals surface area (Å²) < 4.78 is 10.9. The molecule has 6 heteroatoms. The summed E-state index contributed by atoms with van der Waals surface area (Å²) in [7, 11) is 0. The Morgan fingerprint density at radius 2 is 2.00 bits per heavy atom. The minimum Gasteiger partial charge on any atom is -0.492 e. The standard InChI is InChI=1S/C14H20N2O4/c15-13(14(17)18)11-1-3-12(4-2-11)20-10-7-16-5-8-19-9-6-16/h1-4,13H,5-10,15H2,(H,17,18)/t13-/m0/s1. The van der Waals surface area contributed by atoms with Crippen molar-refractivity contribution in [1.82, 2.24) is 4.90 Å². The Morgan fingerprint density at radius 3 is 2.60 bits per heavy atom. The highest BCUT2D eigenvalue weighted by Crippen LogP contribution is 2.16. The van der Waals surface area contributed by atoms with Gasteiger partial charge in [0.15, 0.2) is 0 Å². The second-order valence-corrected chi connectivity index (χ2v) is 4.69. The molecule has 110 valence electrons. The molecule has 1 aliphatic rings. The lowest BCUT2D eigenvalue weighted by Gasteiger charge is -2.26. The van der Waals surface area contributed by atoms with E-state index in [1.54, 1.807) is 24.3 Å². The average molecular weight is 280 g/mol. The molecule has 1 atom stereocenters. The molecular formula is C14H20N2O4. The Kier molecular flexibility index (Phi) is 5.34. The van der Waals surface area contributed by atoms with E-state index in [1.165, 1.54) is 0 Å². The molecule has 3 N–H and O–H groups in total. The van der Waals surface area contributed by atoms with Crippen molar-refractivity contribution in [3.63, 3.8) is 0 Å². The Bertz CT molecular complexity index is 429. The molecule has 0 spiro atoms. The van der Waals surface area contributed by atoms with Gasteiger partial charge in [-0.15, -0.1) is 0 Å². The van der Waals surface area contributed by atoms with Gasteiger partial charge in [0, 0.05) is 19.6 Å². The van der Waals surface area contributed by atoms with Crippen molar-refractivity contribution in [2.24, 2.45) is 5.73 Å². The zero-order valence-corrected chi connectivity index (χ0v) is 11.3. The zero-order chi connectivity index (χ0) is 14.4. The number of hydrogen-bond acceptors (Lipinski definition) is 5. The molecule has 0 saturated carbocycles. The Balaban J connectivity index is 1.77. The predicted octanol–water partition coefficient (Wildman–Crippen LogP) is 0.482. The molecule has 1 aromatic carbocycles. The van der Waals surface area contributed by atoms with E-state index < -0.39 is 12.0 Å². The quantitative estimate of drug-likeness (QED) is 0.788. The molecular weight excluding hydrogens is 260 g/mol. The highest BCUT2D eigenvalue weighted by Gasteiger charge is 2.14. The maximum Gasteiger partial charge on any atom is 0.325 e. The number of benzene rings is 1. The van der Waals surface area contributed by atoms with Crippen LogP contribution in [0.4, 0.5) is 0 Å². The van der Waals surface area contributed by atoms with E-state index in [0.717, 1.165) is 38.6 Å². The van der Waals surface area contributed by atoms with Gasteiger partial charge in [0.1, 0.15) is 18.4 Å². The van der Waals surface area contributed by atoms with Crippen molar-refractivity contribution in [2.75, 3.05) is 39.5 Å². The van der Waals surface area contributed by atoms with E-state index in [0.29, 0.717) is 12.2 Å². The van der Waals surface area contributed by atoms with Crippen LogP contribution in [-0.4, -0.2) is 55.4 Å². The number of carboxylic acids is 1. The summed E-state index contributed by atoms with van der Waals surface area (Å²) in [4.78, 5) is 13.0. The van der Waals surface area contributed by atoms with E-state index >= 15 is 0 Å². The molecule has 6 nitrogen and oxygen atoms in total. The number of rotatable bonds is 6. The highest BCUT2D eigenvalue weighted by molar-refractivity contribution is 5.75. The Labute approximate surface area is 118 Å². The number of ether oxygens (including phenoxy) is 2. The van der Waals surface area contributed by atoms with Gasteiger partial charge in [-0.2, -0.15) is 0 Å². The summed E-state index contributed by atoms with van der Waals surface area (Å²) in [6.45, 7) is 4.90. The zero-order valence-electron chi connectivity index (χ0n) is 11.3. The minimum absolute atomic E-state index is 0.568. The van der Waals surface area contributed by atoms with Crippen LogP contribution in [0.15, 0.2) is 24.3 Å². The van der Waals surface area contributed by atoms with Gasteiger partial charge in [0.25, 0.3) is 0 Å². The molecule has 0 aliphatic carbocycles. The predicted molar refractivity (Wildman–Crippen MR) is 73.8 cm³/mol. The summed E-state index contributed by atoms with van der Waals surface area (Å²) in [5.41, 5.74) is 6.09. The van der Waals surface area contributed by atoms with Crippen LogP contribution in [0.3, 0.4) is 0 Å². The Morgan fingerprint density at radius 1 is 1.35 bits per heavy atom. The van der Waals surface area contributed by atoms with Crippen molar-refractivity contribution in [1.29, 1.82) is 0 Å². The van der Waals surface area contributed by atoms with E-state index in [1.807, 2.05) is 0 Å². The van der Waals surface area contributed by atoms with Gasteiger partial charge < -0.3 is 20.3 Å². The summed E-state index contributed by atoms with van der Waals surface area (Å²) >= 11 is 0. The van der Waals surface area contributed by atoms with Gasteiger partial charge in [-0.3, -0.25) is 9.69 Å². The normalized spacial score (nSPS) is 17.6. The molecule has 0 amide bonds. The van der Waals surface area contributed by atoms with Crippen LogP contribution in [0.25, 0.3) is 0 Å². The largest absolute Gasteiger partial charge is 0.492 e. The van der Waals surface area contributed by atoms with Crippen molar-refractivity contribution in [3.8, 4) is 5.75 Å². The maximum atomic E-state index is 10.8. The highest BCUT2D eigenvalue weighted by atomic mass is 16.5. The SMILES string of the molecule is N[C@H](C(=O)O)c1ccc(OCCN2CCOCC2)cc1. The molecule has 0 aromatic heterocycles. The number of carboxylic acid groups (broad SMARTS) is 1. The second-order valence-electron chi connectivity index (χ2n) is 4.69. The fraction of sp³-hybridized carbons (Fsp3) is 0.500. The average Bonchev–Trinajstić information content (AvgIpc) is 2.48. The van der Waals surface area contributed by atoms with Crippen LogP contribution >= 0.6 is 0 Å². The van der Waals surface area contributed by atoms with Gasteiger partial charge >= 0.3 is 5.97 Å². The van der Waals surface area contributed by atoms with Gasteiger partial charge in [-0.25, -0.2) is 0 Å². The Hall–Kier alpha value is -1.63. The third kappa shape index (κ3) is 4.19. The van der Waals surface area contributed by atoms with E-state index in [4.69, 9.17) is 20.3 Å². The molecule has 1 aliphatic heterocycles. The second kappa shape index (κ2) is 7.23. The molecule has 0 radical (unpaired) electrons. The molecule has 2 rings (SSSR count). The van der Waals surface area contributed by atoms with Crippen LogP contribution in [0.2, 0.25) is 0 Å². The third-order valence-electron chi connectivity index (χ3n) is 3.29. The molecule has 1 aromatic rings. The first-order valence-corrected chi connectivity index (χ1v) is 6.68. The van der Waals surface area contributed by atoms with Crippen molar-refractivity contribution >= 4 is 5.97 Å². The van der Waals surface area contributed by atoms with Crippen LogP contribution in [0.5, 0.6) is 5.75 Å². The van der Waals surface area contributed by atoms with Gasteiger partial charge in [0.2, 0.25) is 0 Å². The summed E-state index contributed by atoms with van der Waals surface area (Å²) in [6, 6.07) is 5.87. The summed E-state index contributed by atoms with van der Waals surface area (Å²) in [5, 5.41) is 8.82. The van der Waals surface area contributed by atoms with E-state index in [2.05, 4.69) is 4.90 Å². The fourth-order valence-corrected chi connectivity index (χ4v) is 2.03. The number of carbonyl (C=O) groups is 1. The lowest BCUT2D eigenvalue weighted by molar-refractivity contribution is -0.138. The van der Waals surface area contributed by atoms with Crippen LogP contribution < -0.4 is 10.5 Å². The third-order valence-corrected chi connectivity index (χ3v) is 3.29. The van der Waals surface area contributed by atoms with Crippen molar-refractivity contribution in [2.45, 2.75) is 6.04 Å². The molecule has 20 heavy (non-hydrogen) atoms. The van der Waals surface area contributed by atoms with Gasteiger partial charge in [-0.1, -0.05) is 12.1 Å².